The van der Waals surface area contributed by atoms with Gasteiger partial charge in [0.1, 0.15) is 0 Å². The Kier molecular flexibility index (Phi) is 8.31. The van der Waals surface area contributed by atoms with Crippen LogP contribution in [-0.4, -0.2) is 46.1 Å². The molecule has 2 aromatic carbocycles. The summed E-state index contributed by atoms with van der Waals surface area (Å²) >= 11 is 6.09. The fraction of sp³-hybridized carbons (Fsp3) is 0.211. The number of halogens is 1. The molecule has 1 amide bonds. The molecule has 7 nitrogen and oxygen atoms in total. The lowest BCUT2D eigenvalue weighted by Gasteiger charge is -2.08. The highest BCUT2D eigenvalue weighted by Crippen LogP contribution is 2.23. The molecule has 3 aromatic rings. The SMILES string of the molecule is CCN(C)C.O=CNc1cccc(S(=O)Nc2nc3ccccc3nc2Cl)c1. The predicted molar refractivity (Wildman–Crippen MR) is 115 cm³/mol. The lowest BCUT2D eigenvalue weighted by molar-refractivity contribution is -0.105. The van der Waals surface area contributed by atoms with Gasteiger partial charge >= 0.3 is 0 Å². The highest BCUT2D eigenvalue weighted by atomic mass is 35.5. The summed E-state index contributed by atoms with van der Waals surface area (Å²) in [6, 6.07) is 13.9. The fourth-order valence-corrected chi connectivity index (χ4v) is 3.07. The molecule has 0 radical (unpaired) electrons. The summed E-state index contributed by atoms with van der Waals surface area (Å²) in [5.74, 6) is 0.234. The molecule has 1 unspecified atom stereocenters. The minimum Gasteiger partial charge on any atom is -0.329 e. The van der Waals surface area contributed by atoms with Crippen LogP contribution in [0.25, 0.3) is 11.0 Å². The minimum atomic E-state index is -1.59. The first-order valence-corrected chi connectivity index (χ1v) is 10.0. The maximum absolute atomic E-state index is 12.4. The Morgan fingerprint density at radius 2 is 1.75 bits per heavy atom. The quantitative estimate of drug-likeness (QED) is 0.596. The maximum atomic E-state index is 12.4. The van der Waals surface area contributed by atoms with Gasteiger partial charge in [0.15, 0.2) is 22.0 Å². The molecular formula is C19H22ClN5O2S. The van der Waals surface area contributed by atoms with Gasteiger partial charge < -0.3 is 10.2 Å². The number of aromatic nitrogens is 2. The summed E-state index contributed by atoms with van der Waals surface area (Å²) in [5.41, 5.74) is 1.85. The molecule has 0 fully saturated rings. The van der Waals surface area contributed by atoms with Crippen LogP contribution in [0.15, 0.2) is 53.4 Å². The largest absolute Gasteiger partial charge is 0.329 e. The van der Waals surface area contributed by atoms with E-state index in [1.54, 1.807) is 36.4 Å². The van der Waals surface area contributed by atoms with E-state index in [9.17, 15) is 9.00 Å². The van der Waals surface area contributed by atoms with Gasteiger partial charge in [-0.25, -0.2) is 14.2 Å². The van der Waals surface area contributed by atoms with E-state index < -0.39 is 11.0 Å². The number of hydrogen-bond donors (Lipinski definition) is 2. The second kappa shape index (κ2) is 10.7. The zero-order chi connectivity index (χ0) is 20.5. The van der Waals surface area contributed by atoms with Crippen molar-refractivity contribution in [3.05, 3.63) is 53.7 Å². The Bertz CT molecular complexity index is 968. The van der Waals surface area contributed by atoms with E-state index in [2.05, 4.69) is 45.9 Å². The number of carbonyl (C=O) groups excluding carboxylic acids is 1. The number of hydrogen-bond acceptors (Lipinski definition) is 5. The Morgan fingerprint density at radius 1 is 1.11 bits per heavy atom. The Balaban J connectivity index is 0.000000500. The van der Waals surface area contributed by atoms with E-state index in [0.717, 1.165) is 6.54 Å². The molecule has 1 atom stereocenters. The molecular weight excluding hydrogens is 398 g/mol. The number of anilines is 2. The average Bonchev–Trinajstić information content (AvgIpc) is 2.69. The van der Waals surface area contributed by atoms with E-state index in [1.807, 2.05) is 12.1 Å². The van der Waals surface area contributed by atoms with Gasteiger partial charge in [-0.15, -0.1) is 0 Å². The van der Waals surface area contributed by atoms with Crippen LogP contribution in [0.5, 0.6) is 0 Å². The number of nitrogens with one attached hydrogen (secondary N) is 2. The number of carbonyl (C=O) groups is 1. The summed E-state index contributed by atoms with van der Waals surface area (Å²) in [6.07, 6.45) is 0.557. The molecule has 9 heteroatoms. The summed E-state index contributed by atoms with van der Waals surface area (Å²) in [5, 5.41) is 2.64. The second-order valence-corrected chi connectivity index (χ2v) is 7.48. The van der Waals surface area contributed by atoms with Crippen molar-refractivity contribution in [2.45, 2.75) is 11.8 Å². The first-order valence-electron chi connectivity index (χ1n) is 8.50. The van der Waals surface area contributed by atoms with Crippen LogP contribution in [0.2, 0.25) is 5.15 Å². The van der Waals surface area contributed by atoms with Crippen molar-refractivity contribution >= 4 is 51.5 Å². The van der Waals surface area contributed by atoms with Gasteiger partial charge in [0.25, 0.3) is 0 Å². The van der Waals surface area contributed by atoms with Crippen LogP contribution in [0.4, 0.5) is 11.5 Å². The van der Waals surface area contributed by atoms with Crippen molar-refractivity contribution in [3.63, 3.8) is 0 Å². The van der Waals surface area contributed by atoms with Crippen molar-refractivity contribution in [3.8, 4) is 0 Å². The maximum Gasteiger partial charge on any atom is 0.211 e. The third kappa shape index (κ3) is 6.26. The smallest absolute Gasteiger partial charge is 0.211 e. The standard InChI is InChI=1S/C15H11ClN4O2S.C4H11N/c16-14-15(19-13-7-2-1-6-12(13)18-14)20-23(22)11-5-3-4-10(8-11)17-9-21;1-4-5(2)3/h1-9H,(H,17,21)(H,19,20);4H2,1-3H3. The molecule has 2 N–H and O–H groups in total. The molecule has 3 rings (SSSR count). The first kappa shape index (κ1) is 21.7. The van der Waals surface area contributed by atoms with Gasteiger partial charge in [-0.05, 0) is 51.0 Å². The van der Waals surface area contributed by atoms with Crippen molar-refractivity contribution in [1.29, 1.82) is 0 Å². The zero-order valence-corrected chi connectivity index (χ0v) is 17.4. The monoisotopic (exact) mass is 419 g/mol. The molecule has 0 aliphatic heterocycles. The van der Waals surface area contributed by atoms with Crippen LogP contribution in [0, 0.1) is 0 Å². The summed E-state index contributed by atoms with van der Waals surface area (Å²) in [6.45, 7) is 3.26. The molecule has 1 aromatic heterocycles. The number of para-hydroxylation sites is 2. The number of fused-ring (bicyclic) bond motifs is 1. The molecule has 28 heavy (non-hydrogen) atoms. The highest BCUT2D eigenvalue weighted by Gasteiger charge is 2.11. The van der Waals surface area contributed by atoms with Crippen molar-refractivity contribution in [1.82, 2.24) is 14.9 Å². The molecule has 0 spiro atoms. The summed E-state index contributed by atoms with van der Waals surface area (Å²) < 4.78 is 15.2. The molecule has 148 valence electrons. The Labute approximate surface area is 171 Å². The van der Waals surface area contributed by atoms with Gasteiger partial charge in [-0.1, -0.05) is 36.7 Å². The van der Waals surface area contributed by atoms with Crippen LogP contribution >= 0.6 is 11.6 Å². The van der Waals surface area contributed by atoms with E-state index in [4.69, 9.17) is 11.6 Å². The van der Waals surface area contributed by atoms with Gasteiger partial charge in [0, 0.05) is 5.69 Å². The molecule has 1 heterocycles. The van der Waals surface area contributed by atoms with Gasteiger partial charge in [0.2, 0.25) is 6.41 Å². The molecule has 0 aliphatic rings. The third-order valence-electron chi connectivity index (χ3n) is 3.62. The van der Waals surface area contributed by atoms with Crippen LogP contribution in [0.3, 0.4) is 0 Å². The summed E-state index contributed by atoms with van der Waals surface area (Å²) in [4.78, 5) is 21.6. The van der Waals surface area contributed by atoms with E-state index in [1.165, 1.54) is 0 Å². The van der Waals surface area contributed by atoms with Crippen LogP contribution in [-0.2, 0) is 15.8 Å². The number of benzene rings is 2. The van der Waals surface area contributed by atoms with Crippen molar-refractivity contribution in [2.24, 2.45) is 0 Å². The number of amides is 1. The fourth-order valence-electron chi connectivity index (χ4n) is 1.96. The Hall–Kier alpha value is -2.55. The van der Waals surface area contributed by atoms with Crippen LogP contribution < -0.4 is 10.0 Å². The van der Waals surface area contributed by atoms with Gasteiger partial charge in [0.05, 0.1) is 15.9 Å². The lowest BCUT2D eigenvalue weighted by atomic mass is 10.3. The van der Waals surface area contributed by atoms with Crippen molar-refractivity contribution < 1.29 is 9.00 Å². The molecule has 0 bridgehead atoms. The van der Waals surface area contributed by atoms with Gasteiger partial charge in [-0.2, -0.15) is 0 Å². The van der Waals surface area contributed by atoms with Crippen LogP contribution in [0.1, 0.15) is 6.92 Å². The Morgan fingerprint density at radius 3 is 2.36 bits per heavy atom. The van der Waals surface area contributed by atoms with Gasteiger partial charge in [-0.3, -0.25) is 9.52 Å². The molecule has 0 saturated carbocycles. The molecule has 0 saturated heterocycles. The van der Waals surface area contributed by atoms with E-state index in [0.29, 0.717) is 28.0 Å². The minimum absolute atomic E-state index is 0.138. The summed E-state index contributed by atoms with van der Waals surface area (Å²) in [7, 11) is 2.52. The topological polar surface area (TPSA) is 87.2 Å². The average molecular weight is 420 g/mol. The number of nitrogens with zero attached hydrogens (tertiary/aromatic N) is 3. The number of rotatable bonds is 6. The second-order valence-electron chi connectivity index (χ2n) is 5.91. The molecule has 0 aliphatic carbocycles. The third-order valence-corrected chi connectivity index (χ3v) is 4.95. The lowest BCUT2D eigenvalue weighted by Crippen LogP contribution is -2.08. The van der Waals surface area contributed by atoms with Crippen molar-refractivity contribution in [2.75, 3.05) is 30.7 Å². The highest BCUT2D eigenvalue weighted by molar-refractivity contribution is 7.86. The predicted octanol–water partition coefficient (Wildman–Crippen LogP) is 3.55. The first-order chi connectivity index (χ1) is 13.4. The normalized spacial score (nSPS) is 11.5. The van der Waals surface area contributed by atoms with E-state index >= 15 is 0 Å². The zero-order valence-electron chi connectivity index (χ0n) is 15.8. The van der Waals surface area contributed by atoms with E-state index in [-0.39, 0.29) is 11.0 Å².